The third-order valence-electron chi connectivity index (χ3n) is 4.17. The fraction of sp³-hybridized carbons (Fsp3) is 0.857. The van der Waals surface area contributed by atoms with Crippen LogP contribution in [0.4, 0.5) is 0 Å². The molecule has 0 radical (unpaired) electrons. The SMILES string of the molecule is O=C(O)CCC1CCCN(C(=O)C2CCOCC2)C1. The molecule has 2 rings (SSSR count). The normalized spacial score (nSPS) is 25.3. The van der Waals surface area contributed by atoms with E-state index in [4.69, 9.17) is 9.84 Å². The van der Waals surface area contributed by atoms with E-state index in [2.05, 4.69) is 0 Å². The topological polar surface area (TPSA) is 66.8 Å². The highest BCUT2D eigenvalue weighted by Crippen LogP contribution is 2.25. The molecule has 2 saturated heterocycles. The van der Waals surface area contributed by atoms with E-state index in [-0.39, 0.29) is 18.2 Å². The molecule has 108 valence electrons. The van der Waals surface area contributed by atoms with Crippen molar-refractivity contribution in [3.8, 4) is 0 Å². The molecular weight excluding hydrogens is 246 g/mol. The number of hydrogen-bond acceptors (Lipinski definition) is 3. The van der Waals surface area contributed by atoms with Crippen LogP contribution in [0.2, 0.25) is 0 Å². The van der Waals surface area contributed by atoms with E-state index in [9.17, 15) is 9.59 Å². The Labute approximate surface area is 113 Å². The second kappa shape index (κ2) is 6.89. The molecule has 2 aliphatic heterocycles. The van der Waals surface area contributed by atoms with E-state index in [1.165, 1.54) is 0 Å². The highest BCUT2D eigenvalue weighted by Gasteiger charge is 2.29. The molecular formula is C14H23NO4. The van der Waals surface area contributed by atoms with Crippen molar-refractivity contribution >= 4 is 11.9 Å². The van der Waals surface area contributed by atoms with Gasteiger partial charge in [-0.3, -0.25) is 9.59 Å². The lowest BCUT2D eigenvalue weighted by molar-refractivity contribution is -0.140. The first kappa shape index (κ1) is 14.3. The van der Waals surface area contributed by atoms with Gasteiger partial charge in [0.25, 0.3) is 0 Å². The van der Waals surface area contributed by atoms with Crippen molar-refractivity contribution in [2.24, 2.45) is 11.8 Å². The van der Waals surface area contributed by atoms with Gasteiger partial charge >= 0.3 is 5.97 Å². The summed E-state index contributed by atoms with van der Waals surface area (Å²) >= 11 is 0. The molecule has 1 unspecified atom stereocenters. The summed E-state index contributed by atoms with van der Waals surface area (Å²) < 4.78 is 5.29. The average Bonchev–Trinajstić information content (AvgIpc) is 2.45. The number of amides is 1. The Kier molecular flexibility index (Phi) is 5.19. The van der Waals surface area contributed by atoms with E-state index in [1.54, 1.807) is 0 Å². The number of carbonyl (C=O) groups excluding carboxylic acids is 1. The number of carbonyl (C=O) groups is 2. The van der Waals surface area contributed by atoms with Gasteiger partial charge in [0, 0.05) is 38.6 Å². The molecule has 0 bridgehead atoms. The predicted molar refractivity (Wildman–Crippen MR) is 69.7 cm³/mol. The Morgan fingerprint density at radius 1 is 1.21 bits per heavy atom. The number of nitrogens with zero attached hydrogens (tertiary/aromatic N) is 1. The van der Waals surface area contributed by atoms with E-state index >= 15 is 0 Å². The van der Waals surface area contributed by atoms with Crippen LogP contribution in [0.15, 0.2) is 0 Å². The number of ether oxygens (including phenoxy) is 1. The van der Waals surface area contributed by atoms with Gasteiger partial charge in [-0.2, -0.15) is 0 Å². The predicted octanol–water partition coefficient (Wildman–Crippen LogP) is 1.52. The molecule has 0 saturated carbocycles. The molecule has 0 aromatic heterocycles. The summed E-state index contributed by atoms with van der Waals surface area (Å²) in [7, 11) is 0. The zero-order valence-electron chi connectivity index (χ0n) is 11.3. The molecule has 2 aliphatic rings. The summed E-state index contributed by atoms with van der Waals surface area (Å²) in [5, 5.41) is 8.73. The summed E-state index contributed by atoms with van der Waals surface area (Å²) in [6, 6.07) is 0. The maximum atomic E-state index is 12.4. The van der Waals surface area contributed by atoms with Crippen LogP contribution < -0.4 is 0 Å². The van der Waals surface area contributed by atoms with Gasteiger partial charge in [0.05, 0.1) is 0 Å². The van der Waals surface area contributed by atoms with E-state index in [0.29, 0.717) is 25.6 Å². The van der Waals surface area contributed by atoms with Crippen molar-refractivity contribution < 1.29 is 19.4 Å². The maximum absolute atomic E-state index is 12.4. The quantitative estimate of drug-likeness (QED) is 0.840. The van der Waals surface area contributed by atoms with Gasteiger partial charge in [-0.1, -0.05) is 0 Å². The molecule has 0 aliphatic carbocycles. The van der Waals surface area contributed by atoms with E-state index < -0.39 is 5.97 Å². The number of carboxylic acids is 1. The third kappa shape index (κ3) is 4.20. The molecule has 0 aromatic rings. The van der Waals surface area contributed by atoms with Crippen LogP contribution in [0.25, 0.3) is 0 Å². The van der Waals surface area contributed by atoms with Crippen LogP contribution in [-0.2, 0) is 14.3 Å². The average molecular weight is 269 g/mol. The number of rotatable bonds is 4. The highest BCUT2D eigenvalue weighted by atomic mass is 16.5. The largest absolute Gasteiger partial charge is 0.481 e. The van der Waals surface area contributed by atoms with Crippen LogP contribution in [0.1, 0.15) is 38.5 Å². The summed E-state index contributed by atoms with van der Waals surface area (Å²) in [4.78, 5) is 25.0. The second-order valence-corrected chi connectivity index (χ2v) is 5.61. The Morgan fingerprint density at radius 3 is 2.63 bits per heavy atom. The molecule has 2 fully saturated rings. The molecule has 0 spiro atoms. The monoisotopic (exact) mass is 269 g/mol. The molecule has 1 amide bonds. The molecule has 0 aromatic carbocycles. The number of piperidine rings is 1. The van der Waals surface area contributed by atoms with Crippen LogP contribution >= 0.6 is 0 Å². The zero-order chi connectivity index (χ0) is 13.7. The lowest BCUT2D eigenvalue weighted by atomic mass is 9.91. The minimum Gasteiger partial charge on any atom is -0.481 e. The van der Waals surface area contributed by atoms with E-state index in [1.807, 2.05) is 4.90 Å². The van der Waals surface area contributed by atoms with Crippen molar-refractivity contribution in [3.63, 3.8) is 0 Å². The fourth-order valence-corrected chi connectivity index (χ4v) is 3.03. The Balaban J connectivity index is 1.82. The summed E-state index contributed by atoms with van der Waals surface area (Å²) in [6.07, 6.45) is 4.60. The minimum atomic E-state index is -0.743. The molecule has 2 heterocycles. The molecule has 1 N–H and O–H groups in total. The van der Waals surface area contributed by atoms with Crippen LogP contribution in [-0.4, -0.2) is 48.2 Å². The molecule has 1 atom stereocenters. The number of likely N-dealkylation sites (tertiary alicyclic amines) is 1. The summed E-state index contributed by atoms with van der Waals surface area (Å²) in [5.74, 6) is -0.0168. The second-order valence-electron chi connectivity index (χ2n) is 5.61. The first-order chi connectivity index (χ1) is 9.16. The molecule has 5 heteroatoms. The van der Waals surface area contributed by atoms with Crippen molar-refractivity contribution in [1.82, 2.24) is 4.90 Å². The summed E-state index contributed by atoms with van der Waals surface area (Å²) in [5.41, 5.74) is 0. The number of aliphatic carboxylic acids is 1. The lowest BCUT2D eigenvalue weighted by Crippen LogP contribution is -2.44. The van der Waals surface area contributed by atoms with Gasteiger partial charge in [-0.15, -0.1) is 0 Å². The van der Waals surface area contributed by atoms with Crippen LogP contribution in [0, 0.1) is 11.8 Å². The first-order valence-electron chi connectivity index (χ1n) is 7.25. The van der Waals surface area contributed by atoms with Gasteiger partial charge < -0.3 is 14.7 Å². The number of carboxylic acid groups (broad SMARTS) is 1. The Morgan fingerprint density at radius 2 is 1.95 bits per heavy atom. The van der Waals surface area contributed by atoms with Gasteiger partial charge in [0.1, 0.15) is 0 Å². The number of hydrogen-bond donors (Lipinski definition) is 1. The lowest BCUT2D eigenvalue weighted by Gasteiger charge is -2.35. The van der Waals surface area contributed by atoms with Gasteiger partial charge in [-0.25, -0.2) is 0 Å². The standard InChI is InChI=1S/C14H23NO4/c16-13(17)4-3-11-2-1-7-15(10-11)14(18)12-5-8-19-9-6-12/h11-12H,1-10H2,(H,16,17). The van der Waals surface area contributed by atoms with Crippen molar-refractivity contribution in [2.75, 3.05) is 26.3 Å². The Bertz CT molecular complexity index is 325. The molecule has 5 nitrogen and oxygen atoms in total. The van der Waals surface area contributed by atoms with Crippen LogP contribution in [0.5, 0.6) is 0 Å². The summed E-state index contributed by atoms with van der Waals surface area (Å²) in [6.45, 7) is 2.95. The highest BCUT2D eigenvalue weighted by molar-refractivity contribution is 5.79. The third-order valence-corrected chi connectivity index (χ3v) is 4.17. The van der Waals surface area contributed by atoms with Crippen molar-refractivity contribution in [1.29, 1.82) is 0 Å². The van der Waals surface area contributed by atoms with E-state index in [0.717, 1.165) is 38.8 Å². The fourth-order valence-electron chi connectivity index (χ4n) is 3.03. The Hall–Kier alpha value is -1.10. The van der Waals surface area contributed by atoms with Gasteiger partial charge in [0.15, 0.2) is 0 Å². The minimum absolute atomic E-state index is 0.118. The van der Waals surface area contributed by atoms with Gasteiger partial charge in [0.2, 0.25) is 5.91 Å². The van der Waals surface area contributed by atoms with Crippen LogP contribution in [0.3, 0.4) is 0 Å². The maximum Gasteiger partial charge on any atom is 0.303 e. The first-order valence-corrected chi connectivity index (χ1v) is 7.25. The van der Waals surface area contributed by atoms with Gasteiger partial charge in [-0.05, 0) is 38.0 Å². The smallest absolute Gasteiger partial charge is 0.303 e. The van der Waals surface area contributed by atoms with Crippen molar-refractivity contribution in [3.05, 3.63) is 0 Å². The van der Waals surface area contributed by atoms with Crippen molar-refractivity contribution in [2.45, 2.75) is 38.5 Å². The molecule has 19 heavy (non-hydrogen) atoms. The zero-order valence-corrected chi connectivity index (χ0v) is 11.3.